The van der Waals surface area contributed by atoms with Crippen LogP contribution in [0.25, 0.3) is 0 Å². The highest BCUT2D eigenvalue weighted by Gasteiger charge is 2.50. The summed E-state index contributed by atoms with van der Waals surface area (Å²) in [5, 5.41) is 19.6. The fourth-order valence-electron chi connectivity index (χ4n) is 3.49. The minimum absolute atomic E-state index is 0.0882. The zero-order chi connectivity index (χ0) is 26.5. The van der Waals surface area contributed by atoms with E-state index >= 15 is 0 Å². The summed E-state index contributed by atoms with van der Waals surface area (Å²) in [7, 11) is -3.80. The van der Waals surface area contributed by atoms with Gasteiger partial charge in [0.15, 0.2) is 4.71 Å². The highest BCUT2D eigenvalue weighted by Crippen LogP contribution is 2.41. The van der Waals surface area contributed by atoms with Gasteiger partial charge >= 0.3 is 12.0 Å². The van der Waals surface area contributed by atoms with Gasteiger partial charge in [-0.15, -0.1) is 11.8 Å². The van der Waals surface area contributed by atoms with Crippen LogP contribution in [0.2, 0.25) is 0 Å². The third-order valence-electron chi connectivity index (χ3n) is 5.47. The van der Waals surface area contributed by atoms with E-state index in [1.807, 2.05) is 0 Å². The molecule has 194 valence electrons. The Kier molecular flexibility index (Phi) is 8.59. The average Bonchev–Trinajstić information content (AvgIpc) is 3.17. The summed E-state index contributed by atoms with van der Waals surface area (Å²) in [5.74, 6) is -2.50. The van der Waals surface area contributed by atoms with E-state index in [1.54, 1.807) is 32.0 Å². The number of carbonyl (C=O) groups excluding carboxylic acids is 2. The van der Waals surface area contributed by atoms with E-state index in [1.165, 1.54) is 36.4 Å². The lowest BCUT2D eigenvalue weighted by Crippen LogP contribution is -2.57. The third-order valence-corrected chi connectivity index (χ3v) is 9.34. The first-order valence-corrected chi connectivity index (χ1v) is 13.3. The fourth-order valence-corrected chi connectivity index (χ4v) is 7.24. The number of carbonyl (C=O) groups is 3. The van der Waals surface area contributed by atoms with E-state index < -0.39 is 61.6 Å². The van der Waals surface area contributed by atoms with Crippen LogP contribution < -0.4 is 21.3 Å². The molecule has 2 aromatic rings. The molecule has 36 heavy (non-hydrogen) atoms. The fraction of sp³-hybridized carbons (Fsp3) is 0.348. The smallest absolute Gasteiger partial charge is 0.328 e. The number of hydrogen-bond acceptors (Lipinski definition) is 7. The molecule has 1 aliphatic heterocycles. The van der Waals surface area contributed by atoms with Crippen molar-refractivity contribution in [1.82, 2.24) is 21.3 Å². The molecule has 1 saturated heterocycles. The Morgan fingerprint density at radius 1 is 1.08 bits per heavy atom. The van der Waals surface area contributed by atoms with Crippen LogP contribution in [0.3, 0.4) is 0 Å². The Labute approximate surface area is 212 Å². The van der Waals surface area contributed by atoms with Crippen molar-refractivity contribution >= 4 is 39.5 Å². The predicted octanol–water partition coefficient (Wildman–Crippen LogP) is 1.44. The molecular formula is C23H27FN4O6S2. The molecule has 0 spiro atoms. The van der Waals surface area contributed by atoms with Crippen LogP contribution in [-0.4, -0.2) is 59.5 Å². The highest BCUT2D eigenvalue weighted by atomic mass is 32.3. The second-order valence-electron chi connectivity index (χ2n) is 8.60. The van der Waals surface area contributed by atoms with Gasteiger partial charge in [-0.3, -0.25) is 10.1 Å². The number of carboxylic acid groups (broad SMARTS) is 1. The van der Waals surface area contributed by atoms with Gasteiger partial charge in [-0.2, -0.15) is 0 Å². The van der Waals surface area contributed by atoms with E-state index in [4.69, 9.17) is 0 Å². The quantitative estimate of drug-likeness (QED) is 0.321. The number of carboxylic acids is 1. The van der Waals surface area contributed by atoms with Crippen molar-refractivity contribution in [2.75, 3.05) is 6.54 Å². The lowest BCUT2D eigenvalue weighted by atomic mass is 10.0. The number of sulfone groups is 1. The summed E-state index contributed by atoms with van der Waals surface area (Å²) >= 11 is 1.05. The van der Waals surface area contributed by atoms with Crippen molar-refractivity contribution in [3.63, 3.8) is 0 Å². The average molecular weight is 539 g/mol. The van der Waals surface area contributed by atoms with E-state index in [-0.39, 0.29) is 11.4 Å². The van der Waals surface area contributed by atoms with Crippen LogP contribution in [0.5, 0.6) is 0 Å². The Bertz CT molecular complexity index is 1210. The minimum atomic E-state index is -3.80. The van der Waals surface area contributed by atoms with E-state index in [0.717, 1.165) is 11.8 Å². The Morgan fingerprint density at radius 3 is 2.33 bits per heavy atom. The number of rotatable bonds is 9. The summed E-state index contributed by atoms with van der Waals surface area (Å²) in [5.41, 5.74) is 0.640. The maximum absolute atomic E-state index is 13.0. The van der Waals surface area contributed by atoms with Gasteiger partial charge in [-0.25, -0.2) is 22.4 Å². The summed E-state index contributed by atoms with van der Waals surface area (Å²) < 4.78 is 37.0. The molecule has 0 aliphatic carbocycles. The van der Waals surface area contributed by atoms with Crippen LogP contribution in [0.4, 0.5) is 9.18 Å². The maximum atomic E-state index is 13.0. The molecule has 0 bridgehead atoms. The minimum Gasteiger partial charge on any atom is -0.480 e. The van der Waals surface area contributed by atoms with Crippen molar-refractivity contribution in [2.45, 2.75) is 46.8 Å². The Morgan fingerprint density at radius 2 is 1.72 bits per heavy atom. The molecule has 3 amide bonds. The molecule has 2 aromatic carbocycles. The molecule has 5 N–H and O–H groups in total. The number of halogens is 1. The van der Waals surface area contributed by atoms with E-state index in [2.05, 4.69) is 21.3 Å². The lowest BCUT2D eigenvalue weighted by molar-refractivity contribution is -0.142. The van der Waals surface area contributed by atoms with Gasteiger partial charge in [-0.1, -0.05) is 30.3 Å². The first-order chi connectivity index (χ1) is 16.9. The van der Waals surface area contributed by atoms with Crippen molar-refractivity contribution < 1.29 is 32.3 Å². The van der Waals surface area contributed by atoms with Crippen LogP contribution in [0.1, 0.15) is 19.4 Å². The van der Waals surface area contributed by atoms with Gasteiger partial charge in [0, 0.05) is 11.3 Å². The second-order valence-corrected chi connectivity index (χ2v) is 12.7. The van der Waals surface area contributed by atoms with Crippen molar-refractivity contribution in [3.8, 4) is 0 Å². The number of thioether (sulfide) groups is 1. The summed E-state index contributed by atoms with van der Waals surface area (Å²) in [6, 6.07) is 10.2. The van der Waals surface area contributed by atoms with Crippen LogP contribution in [0.15, 0.2) is 59.5 Å². The topological polar surface area (TPSA) is 154 Å². The number of amides is 3. The van der Waals surface area contributed by atoms with Gasteiger partial charge in [0.1, 0.15) is 17.9 Å². The molecule has 3 rings (SSSR count). The normalized spacial score (nSPS) is 19.8. The molecule has 0 radical (unpaired) electrons. The maximum Gasteiger partial charge on any atom is 0.328 e. The van der Waals surface area contributed by atoms with Crippen LogP contribution in [-0.2, 0) is 26.0 Å². The molecule has 1 fully saturated rings. The monoisotopic (exact) mass is 538 g/mol. The SMILES string of the molecule is CC1(C)SC(S(=O)(=O)c2ccccc2)NC1C(=O)NC(CNC(=O)NCc1ccc(F)cc1)C(=O)O. The number of hydrogen-bond donors (Lipinski definition) is 5. The summed E-state index contributed by atoms with van der Waals surface area (Å²) in [6.45, 7) is 3.05. The predicted molar refractivity (Wildman–Crippen MR) is 132 cm³/mol. The number of nitrogens with one attached hydrogen (secondary N) is 4. The van der Waals surface area contributed by atoms with Gasteiger partial charge in [0.05, 0.1) is 11.4 Å². The first kappa shape index (κ1) is 27.4. The van der Waals surface area contributed by atoms with Gasteiger partial charge in [0.25, 0.3) is 0 Å². The lowest BCUT2D eigenvalue weighted by Gasteiger charge is -2.25. The standard InChI is InChI=1S/C23H27FN4O6S2/c1-23(2)18(28-22(35-23)36(33,34)16-6-4-3-5-7-16)19(29)27-17(20(30)31)13-26-21(32)25-12-14-8-10-15(24)11-9-14/h3-11,17-18,22,28H,12-13H2,1-2H3,(H,27,29)(H,30,31)(H2,25,26,32). The second kappa shape index (κ2) is 11.3. The van der Waals surface area contributed by atoms with Gasteiger partial charge in [-0.05, 0) is 43.7 Å². The Balaban J connectivity index is 1.58. The highest BCUT2D eigenvalue weighted by molar-refractivity contribution is 8.14. The number of aliphatic carboxylic acids is 1. The molecular weight excluding hydrogens is 511 g/mol. The van der Waals surface area contributed by atoms with E-state index in [0.29, 0.717) is 5.56 Å². The van der Waals surface area contributed by atoms with Crippen LogP contribution >= 0.6 is 11.8 Å². The van der Waals surface area contributed by atoms with Gasteiger partial charge in [0.2, 0.25) is 15.7 Å². The summed E-state index contributed by atoms with van der Waals surface area (Å²) in [6.07, 6.45) is 0. The molecule has 1 aliphatic rings. The molecule has 10 nitrogen and oxygen atoms in total. The Hall–Kier alpha value is -3.16. The number of urea groups is 1. The molecule has 3 atom stereocenters. The van der Waals surface area contributed by atoms with Crippen LogP contribution in [0, 0.1) is 5.82 Å². The molecule has 13 heteroatoms. The zero-order valence-electron chi connectivity index (χ0n) is 19.5. The molecule has 1 heterocycles. The molecule has 0 saturated carbocycles. The van der Waals surface area contributed by atoms with Crippen molar-refractivity contribution in [2.24, 2.45) is 0 Å². The summed E-state index contributed by atoms with van der Waals surface area (Å²) in [4.78, 5) is 36.8. The van der Waals surface area contributed by atoms with E-state index in [9.17, 15) is 32.3 Å². The largest absolute Gasteiger partial charge is 0.480 e. The van der Waals surface area contributed by atoms with Crippen molar-refractivity contribution in [1.29, 1.82) is 0 Å². The van der Waals surface area contributed by atoms with Crippen molar-refractivity contribution in [3.05, 3.63) is 66.0 Å². The first-order valence-electron chi connectivity index (χ1n) is 10.9. The third kappa shape index (κ3) is 6.74. The molecule has 3 unspecified atom stereocenters. The number of benzene rings is 2. The zero-order valence-corrected chi connectivity index (χ0v) is 21.2. The van der Waals surface area contributed by atoms with Gasteiger partial charge < -0.3 is 21.1 Å². The molecule has 0 aromatic heterocycles.